The third-order valence-corrected chi connectivity index (χ3v) is 2.56. The normalized spacial score (nSPS) is 16.5. The second kappa shape index (κ2) is 4.64. The molecule has 0 bridgehead atoms. The minimum atomic E-state index is 0.696. The number of nitrogens with zero attached hydrogens (tertiary/aromatic N) is 2. The molecule has 0 unspecified atom stereocenters. The molecule has 2 heterocycles. The van der Waals surface area contributed by atoms with Crippen molar-refractivity contribution in [3.05, 3.63) is 29.4 Å². The summed E-state index contributed by atoms with van der Waals surface area (Å²) in [5.74, 6) is 0.903. The average Bonchev–Trinajstić information content (AvgIpc) is 2.29. The van der Waals surface area contributed by atoms with Crippen LogP contribution in [0.2, 0.25) is 5.02 Å². The smallest absolute Gasteiger partial charge is 0.130 e. The summed E-state index contributed by atoms with van der Waals surface area (Å²) in [5, 5.41) is 0.696. The minimum absolute atomic E-state index is 0.696. The topological polar surface area (TPSA) is 25.4 Å². The molecule has 4 heteroatoms. The monoisotopic (exact) mass is 224 g/mol. The van der Waals surface area contributed by atoms with Crippen LogP contribution in [0, 0.1) is 0 Å². The Kier molecular flexibility index (Phi) is 3.23. The van der Waals surface area contributed by atoms with Gasteiger partial charge in [0.25, 0.3) is 0 Å². The van der Waals surface area contributed by atoms with E-state index >= 15 is 0 Å². The lowest BCUT2D eigenvalue weighted by Crippen LogP contribution is -2.36. The number of rotatable bonds is 2. The molecule has 0 aliphatic carbocycles. The van der Waals surface area contributed by atoms with E-state index in [1.165, 1.54) is 0 Å². The highest BCUT2D eigenvalue weighted by Crippen LogP contribution is 2.20. The molecule has 1 aromatic heterocycles. The van der Waals surface area contributed by atoms with Crippen molar-refractivity contribution in [3.8, 4) is 0 Å². The fourth-order valence-electron chi connectivity index (χ4n) is 1.56. The Morgan fingerprint density at radius 1 is 1.40 bits per heavy atom. The Labute approximate surface area is 94.3 Å². The maximum atomic E-state index is 6.00. The Morgan fingerprint density at radius 2 is 2.13 bits per heavy atom. The van der Waals surface area contributed by atoms with Crippen molar-refractivity contribution in [2.24, 2.45) is 0 Å². The number of morpholine rings is 1. The molecule has 3 nitrogen and oxygen atoms in total. The SMILES string of the molecule is C=Cc1cc(Cl)cc(N2CCOCC2)n1. The van der Waals surface area contributed by atoms with Gasteiger partial charge in [0.15, 0.2) is 0 Å². The highest BCUT2D eigenvalue weighted by atomic mass is 35.5. The van der Waals surface area contributed by atoms with Crippen LogP contribution in [0.15, 0.2) is 18.7 Å². The third kappa shape index (κ3) is 2.49. The molecule has 80 valence electrons. The van der Waals surface area contributed by atoms with Crippen LogP contribution in [0.5, 0.6) is 0 Å². The Morgan fingerprint density at radius 3 is 2.80 bits per heavy atom. The van der Waals surface area contributed by atoms with Crippen molar-refractivity contribution in [2.75, 3.05) is 31.2 Å². The van der Waals surface area contributed by atoms with Crippen LogP contribution >= 0.6 is 11.6 Å². The molecule has 15 heavy (non-hydrogen) atoms. The molecule has 1 aliphatic heterocycles. The van der Waals surface area contributed by atoms with E-state index in [0.29, 0.717) is 5.02 Å². The molecule has 1 saturated heterocycles. The van der Waals surface area contributed by atoms with Gasteiger partial charge in [-0.3, -0.25) is 0 Å². The predicted molar refractivity (Wildman–Crippen MR) is 62.4 cm³/mol. The molecule has 1 aromatic rings. The number of halogens is 1. The highest BCUT2D eigenvalue weighted by Gasteiger charge is 2.13. The van der Waals surface area contributed by atoms with E-state index in [1.54, 1.807) is 12.1 Å². The van der Waals surface area contributed by atoms with E-state index in [0.717, 1.165) is 37.8 Å². The molecule has 0 atom stereocenters. The number of aromatic nitrogens is 1. The van der Waals surface area contributed by atoms with Gasteiger partial charge in [-0.25, -0.2) is 4.98 Å². The second-order valence-corrected chi connectivity index (χ2v) is 3.81. The third-order valence-electron chi connectivity index (χ3n) is 2.34. The lowest BCUT2D eigenvalue weighted by molar-refractivity contribution is 0.122. The Bertz CT molecular complexity index is 362. The van der Waals surface area contributed by atoms with Gasteiger partial charge < -0.3 is 9.64 Å². The Balaban J connectivity index is 2.25. The molecule has 0 N–H and O–H groups in total. The van der Waals surface area contributed by atoms with Crippen LogP contribution in [0.1, 0.15) is 5.69 Å². The van der Waals surface area contributed by atoms with Gasteiger partial charge in [-0.05, 0) is 18.2 Å². The highest BCUT2D eigenvalue weighted by molar-refractivity contribution is 6.30. The molecule has 0 spiro atoms. The zero-order chi connectivity index (χ0) is 10.7. The van der Waals surface area contributed by atoms with Gasteiger partial charge in [0.05, 0.1) is 18.9 Å². The first-order valence-electron chi connectivity index (χ1n) is 4.92. The van der Waals surface area contributed by atoms with Gasteiger partial charge in [0, 0.05) is 18.1 Å². The fourth-order valence-corrected chi connectivity index (χ4v) is 1.77. The standard InChI is InChI=1S/C11H13ClN2O/c1-2-10-7-9(12)8-11(13-10)14-3-5-15-6-4-14/h2,7-8H,1,3-6H2. The molecule has 0 radical (unpaired) electrons. The maximum Gasteiger partial charge on any atom is 0.130 e. The van der Waals surface area contributed by atoms with Gasteiger partial charge in [-0.1, -0.05) is 18.2 Å². The molecular weight excluding hydrogens is 212 g/mol. The summed E-state index contributed by atoms with van der Waals surface area (Å²) in [6.07, 6.45) is 1.70. The van der Waals surface area contributed by atoms with Crippen molar-refractivity contribution < 1.29 is 4.74 Å². The van der Waals surface area contributed by atoms with E-state index in [2.05, 4.69) is 16.5 Å². The van der Waals surface area contributed by atoms with E-state index in [1.807, 2.05) is 6.07 Å². The van der Waals surface area contributed by atoms with Crippen molar-refractivity contribution in [3.63, 3.8) is 0 Å². The quantitative estimate of drug-likeness (QED) is 0.770. The van der Waals surface area contributed by atoms with Crippen LogP contribution in [0.3, 0.4) is 0 Å². The van der Waals surface area contributed by atoms with Crippen LogP contribution in [0.4, 0.5) is 5.82 Å². The van der Waals surface area contributed by atoms with Crippen molar-refractivity contribution in [2.45, 2.75) is 0 Å². The van der Waals surface area contributed by atoms with Crippen LogP contribution in [0.25, 0.3) is 6.08 Å². The average molecular weight is 225 g/mol. The lowest BCUT2D eigenvalue weighted by atomic mass is 10.3. The van der Waals surface area contributed by atoms with E-state index < -0.39 is 0 Å². The summed E-state index contributed by atoms with van der Waals surface area (Å²) in [7, 11) is 0. The van der Waals surface area contributed by atoms with Crippen molar-refractivity contribution in [1.82, 2.24) is 4.98 Å². The second-order valence-electron chi connectivity index (χ2n) is 3.37. The first kappa shape index (κ1) is 10.5. The van der Waals surface area contributed by atoms with Crippen molar-refractivity contribution in [1.29, 1.82) is 0 Å². The molecular formula is C11H13ClN2O. The molecule has 1 aliphatic rings. The molecule has 1 fully saturated rings. The number of hydrogen-bond acceptors (Lipinski definition) is 3. The maximum absolute atomic E-state index is 6.00. The molecule has 2 rings (SSSR count). The summed E-state index contributed by atoms with van der Waals surface area (Å²) >= 11 is 6.00. The van der Waals surface area contributed by atoms with Gasteiger partial charge in [0.2, 0.25) is 0 Å². The van der Waals surface area contributed by atoms with Gasteiger partial charge in [0.1, 0.15) is 5.82 Å². The first-order valence-corrected chi connectivity index (χ1v) is 5.30. The predicted octanol–water partition coefficient (Wildman–Crippen LogP) is 2.21. The van der Waals surface area contributed by atoms with E-state index in [9.17, 15) is 0 Å². The fraction of sp³-hybridized carbons (Fsp3) is 0.364. The molecule has 0 amide bonds. The lowest BCUT2D eigenvalue weighted by Gasteiger charge is -2.28. The minimum Gasteiger partial charge on any atom is -0.378 e. The Hall–Kier alpha value is -1.06. The first-order chi connectivity index (χ1) is 7.29. The molecule has 0 aromatic carbocycles. The largest absolute Gasteiger partial charge is 0.378 e. The number of ether oxygens (including phenoxy) is 1. The van der Waals surface area contributed by atoms with Gasteiger partial charge in [-0.2, -0.15) is 0 Å². The zero-order valence-corrected chi connectivity index (χ0v) is 9.20. The van der Waals surface area contributed by atoms with Crippen LogP contribution < -0.4 is 4.90 Å². The summed E-state index contributed by atoms with van der Waals surface area (Å²) in [6.45, 7) is 6.92. The van der Waals surface area contributed by atoms with E-state index in [4.69, 9.17) is 16.3 Å². The van der Waals surface area contributed by atoms with E-state index in [-0.39, 0.29) is 0 Å². The summed E-state index contributed by atoms with van der Waals surface area (Å²) in [6, 6.07) is 3.68. The summed E-state index contributed by atoms with van der Waals surface area (Å²) in [4.78, 5) is 6.61. The van der Waals surface area contributed by atoms with Gasteiger partial charge in [-0.15, -0.1) is 0 Å². The van der Waals surface area contributed by atoms with Gasteiger partial charge >= 0.3 is 0 Å². The van der Waals surface area contributed by atoms with Crippen LogP contribution in [-0.4, -0.2) is 31.3 Å². The number of anilines is 1. The summed E-state index contributed by atoms with van der Waals surface area (Å²) < 4.78 is 5.29. The number of hydrogen-bond donors (Lipinski definition) is 0. The van der Waals surface area contributed by atoms with Crippen LogP contribution in [-0.2, 0) is 4.74 Å². The molecule has 0 saturated carbocycles. The zero-order valence-electron chi connectivity index (χ0n) is 8.45. The summed E-state index contributed by atoms with van der Waals surface area (Å²) in [5.41, 5.74) is 0.809. The number of pyridine rings is 1. The van der Waals surface area contributed by atoms with Crippen molar-refractivity contribution >= 4 is 23.5 Å².